The van der Waals surface area contributed by atoms with Gasteiger partial charge in [-0.1, -0.05) is 60.2 Å². The number of aliphatic carboxylic acids is 1. The van der Waals surface area contributed by atoms with Gasteiger partial charge < -0.3 is 15.0 Å². The number of halogens is 1. The average molecular weight is 475 g/mol. The van der Waals surface area contributed by atoms with Crippen molar-refractivity contribution >= 4 is 29.8 Å². The van der Waals surface area contributed by atoms with Crippen LogP contribution in [-0.2, 0) is 11.3 Å². The van der Waals surface area contributed by atoms with Gasteiger partial charge in [0.1, 0.15) is 11.4 Å². The Hall–Kier alpha value is -4.26. The molecule has 7 heteroatoms. The molecule has 0 fully saturated rings. The van der Waals surface area contributed by atoms with Crippen molar-refractivity contribution in [2.75, 3.05) is 0 Å². The Bertz CT molecular complexity index is 1300. The van der Waals surface area contributed by atoms with Gasteiger partial charge in [-0.15, -0.1) is 0 Å². The number of rotatable bonds is 9. The molecule has 0 aliphatic rings. The number of carbonyl (C=O) groups is 3. The lowest BCUT2D eigenvalue weighted by atomic mass is 10.0. The van der Waals surface area contributed by atoms with Crippen molar-refractivity contribution in [2.24, 2.45) is 0 Å². The van der Waals surface area contributed by atoms with E-state index in [-0.39, 0.29) is 16.9 Å². The van der Waals surface area contributed by atoms with Crippen molar-refractivity contribution in [3.8, 4) is 0 Å². The molecule has 0 unspecified atom stereocenters. The molecular weight excluding hydrogens is 447 g/mol. The van der Waals surface area contributed by atoms with Crippen LogP contribution in [0.25, 0.3) is 12.2 Å². The highest BCUT2D eigenvalue weighted by Crippen LogP contribution is 2.17. The van der Waals surface area contributed by atoms with Crippen LogP contribution in [0.5, 0.6) is 0 Å². The van der Waals surface area contributed by atoms with Gasteiger partial charge in [0.25, 0.3) is 5.91 Å². The minimum absolute atomic E-state index is 0.158. The first-order valence-electron chi connectivity index (χ1n) is 11.0. The quantitative estimate of drug-likeness (QED) is 0.332. The second kappa shape index (κ2) is 10.8. The number of carboxylic acids is 1. The van der Waals surface area contributed by atoms with Gasteiger partial charge in [0.2, 0.25) is 5.78 Å². The number of hydrogen-bond donors (Lipinski definition) is 2. The first-order valence-corrected chi connectivity index (χ1v) is 11.0. The van der Waals surface area contributed by atoms with E-state index in [0.29, 0.717) is 12.2 Å². The molecule has 0 saturated heterocycles. The van der Waals surface area contributed by atoms with Crippen LogP contribution < -0.4 is 5.32 Å². The lowest BCUT2D eigenvalue weighted by Crippen LogP contribution is -2.49. The van der Waals surface area contributed by atoms with E-state index in [1.54, 1.807) is 35.0 Å². The Morgan fingerprint density at radius 3 is 2.43 bits per heavy atom. The van der Waals surface area contributed by atoms with Crippen LogP contribution in [-0.4, -0.2) is 32.9 Å². The first-order chi connectivity index (χ1) is 16.6. The highest BCUT2D eigenvalue weighted by molar-refractivity contribution is 6.05. The molecule has 35 heavy (non-hydrogen) atoms. The molecule has 0 saturated carbocycles. The molecule has 3 aromatic rings. The van der Waals surface area contributed by atoms with Crippen LogP contribution in [0.1, 0.15) is 51.4 Å². The molecule has 0 aliphatic heterocycles. The third-order valence-corrected chi connectivity index (χ3v) is 5.42. The lowest BCUT2D eigenvalue weighted by molar-refractivity contribution is -0.143. The number of allylic oxidation sites excluding steroid dienone is 2. The summed E-state index contributed by atoms with van der Waals surface area (Å²) in [5.74, 6) is -2.96. The number of carboxylic acid groups (broad SMARTS) is 1. The summed E-state index contributed by atoms with van der Waals surface area (Å²) in [5, 5.41) is 11.5. The summed E-state index contributed by atoms with van der Waals surface area (Å²) in [5.41, 5.74) is 0.932. The van der Waals surface area contributed by atoms with E-state index in [9.17, 15) is 23.9 Å². The Morgan fingerprint density at radius 2 is 1.74 bits per heavy atom. The first kappa shape index (κ1) is 25.4. The molecule has 0 bridgehead atoms. The van der Waals surface area contributed by atoms with Crippen LogP contribution in [0.3, 0.4) is 0 Å². The van der Waals surface area contributed by atoms with E-state index < -0.39 is 23.2 Å². The van der Waals surface area contributed by atoms with Gasteiger partial charge in [-0.05, 0) is 50.6 Å². The molecule has 6 nitrogen and oxygen atoms in total. The van der Waals surface area contributed by atoms with Crippen molar-refractivity contribution in [3.05, 3.63) is 107 Å². The summed E-state index contributed by atoms with van der Waals surface area (Å²) >= 11 is 0. The van der Waals surface area contributed by atoms with Crippen molar-refractivity contribution < 1.29 is 23.9 Å². The van der Waals surface area contributed by atoms with Gasteiger partial charge in [0, 0.05) is 18.3 Å². The van der Waals surface area contributed by atoms with Crippen LogP contribution in [0.4, 0.5) is 4.39 Å². The summed E-state index contributed by atoms with van der Waals surface area (Å²) < 4.78 is 16.7. The average Bonchev–Trinajstić information content (AvgIpc) is 3.28. The standard InChI is InChI=1S/C28H27FN2O4/c1-19-11-13-20(14-12-19)15-16-24(32)23-10-6-18-31(23)17-5-8-21-7-4-9-22(25(21)29)26(33)30-28(2,3)27(34)35/h4-16,18H,17H2,1-3H3,(H,30,33)(H,34,35)/b8-5+,16-15+. The molecule has 3 rings (SSSR count). The molecule has 2 aromatic carbocycles. The second-order valence-corrected chi connectivity index (χ2v) is 8.65. The number of aryl methyl sites for hydroxylation is 1. The van der Waals surface area contributed by atoms with Crippen LogP contribution in [0.15, 0.2) is 72.9 Å². The molecule has 180 valence electrons. The third-order valence-electron chi connectivity index (χ3n) is 5.42. The maximum atomic E-state index is 14.9. The summed E-state index contributed by atoms with van der Waals surface area (Å²) in [6.45, 7) is 4.95. The molecule has 0 spiro atoms. The van der Waals surface area contributed by atoms with Gasteiger partial charge in [0.15, 0.2) is 0 Å². The van der Waals surface area contributed by atoms with E-state index in [4.69, 9.17) is 0 Å². The van der Waals surface area contributed by atoms with Crippen molar-refractivity contribution in [1.82, 2.24) is 9.88 Å². The molecular formula is C28H27FN2O4. The maximum Gasteiger partial charge on any atom is 0.328 e. The molecule has 2 N–H and O–H groups in total. The topological polar surface area (TPSA) is 88.4 Å². The van der Waals surface area contributed by atoms with E-state index in [2.05, 4.69) is 5.32 Å². The van der Waals surface area contributed by atoms with Gasteiger partial charge >= 0.3 is 5.97 Å². The minimum Gasteiger partial charge on any atom is -0.480 e. The van der Waals surface area contributed by atoms with Crippen molar-refractivity contribution in [3.63, 3.8) is 0 Å². The Kier molecular flexibility index (Phi) is 7.81. The zero-order chi connectivity index (χ0) is 25.6. The van der Waals surface area contributed by atoms with Gasteiger partial charge in [-0.2, -0.15) is 0 Å². The fourth-order valence-electron chi connectivity index (χ4n) is 3.28. The smallest absolute Gasteiger partial charge is 0.328 e. The SMILES string of the molecule is Cc1ccc(/C=C/C(=O)c2cccn2C/C=C/c2cccc(C(=O)NC(C)(C)C(=O)O)c2F)cc1. The predicted octanol–water partition coefficient (Wildman–Crippen LogP) is 5.14. The highest BCUT2D eigenvalue weighted by atomic mass is 19.1. The largest absolute Gasteiger partial charge is 0.480 e. The van der Waals surface area contributed by atoms with Crippen molar-refractivity contribution in [2.45, 2.75) is 32.9 Å². The summed E-state index contributed by atoms with van der Waals surface area (Å²) in [6.07, 6.45) is 8.23. The number of nitrogens with zero attached hydrogens (tertiary/aromatic N) is 1. The Balaban J connectivity index is 1.71. The summed E-state index contributed by atoms with van der Waals surface area (Å²) in [4.78, 5) is 36.3. The molecule has 1 aromatic heterocycles. The zero-order valence-corrected chi connectivity index (χ0v) is 19.8. The molecule has 1 amide bonds. The summed E-state index contributed by atoms with van der Waals surface area (Å²) in [7, 11) is 0. The number of nitrogens with one attached hydrogen (secondary N) is 1. The lowest BCUT2D eigenvalue weighted by Gasteiger charge is -2.21. The van der Waals surface area contributed by atoms with E-state index in [1.807, 2.05) is 31.2 Å². The number of amides is 1. The minimum atomic E-state index is -1.54. The maximum absolute atomic E-state index is 14.9. The molecule has 0 radical (unpaired) electrons. The number of ketones is 1. The number of hydrogen-bond acceptors (Lipinski definition) is 3. The van der Waals surface area contributed by atoms with Crippen molar-refractivity contribution in [1.29, 1.82) is 0 Å². The Morgan fingerprint density at radius 1 is 1.03 bits per heavy atom. The number of aromatic nitrogens is 1. The monoisotopic (exact) mass is 474 g/mol. The van der Waals surface area contributed by atoms with Crippen LogP contribution in [0.2, 0.25) is 0 Å². The molecule has 1 heterocycles. The van der Waals surface area contributed by atoms with Gasteiger partial charge in [-0.3, -0.25) is 9.59 Å². The van der Waals surface area contributed by atoms with Gasteiger partial charge in [0.05, 0.1) is 11.3 Å². The fraction of sp³-hybridized carbons (Fsp3) is 0.179. The Labute approximate surface area is 203 Å². The summed E-state index contributed by atoms with van der Waals surface area (Å²) in [6, 6.07) is 15.6. The predicted molar refractivity (Wildman–Crippen MR) is 134 cm³/mol. The van der Waals surface area contributed by atoms with Crippen LogP contribution in [0, 0.1) is 12.7 Å². The van der Waals surface area contributed by atoms with Crippen LogP contribution >= 0.6 is 0 Å². The molecule has 0 aliphatic carbocycles. The number of benzene rings is 2. The third kappa shape index (κ3) is 6.41. The van der Waals surface area contributed by atoms with E-state index >= 15 is 0 Å². The zero-order valence-electron chi connectivity index (χ0n) is 19.8. The normalized spacial score (nSPS) is 11.8. The van der Waals surface area contributed by atoms with E-state index in [1.165, 1.54) is 44.2 Å². The van der Waals surface area contributed by atoms with E-state index in [0.717, 1.165) is 11.1 Å². The molecule has 0 atom stereocenters. The number of carbonyl (C=O) groups excluding carboxylic acids is 2. The second-order valence-electron chi connectivity index (χ2n) is 8.65. The van der Waals surface area contributed by atoms with Gasteiger partial charge in [-0.25, -0.2) is 9.18 Å². The highest BCUT2D eigenvalue weighted by Gasteiger charge is 2.30. The fourth-order valence-corrected chi connectivity index (χ4v) is 3.28.